The quantitative estimate of drug-likeness (QED) is 0.521. The standard InChI is InChI=1S/C18H17N5O3/c1-12-3-2-4-17(21-12)22-18(24)8-10-20-15-5-6-16(23(25)26)14-11-19-9-7-13(14)15/h2-7,9,11,20H,8,10H2,1H3,(H,21,22,24). The van der Waals surface area contributed by atoms with Crippen LogP contribution in [0.4, 0.5) is 17.2 Å². The molecule has 0 radical (unpaired) electrons. The number of aromatic nitrogens is 2. The average molecular weight is 351 g/mol. The van der Waals surface area contributed by atoms with Gasteiger partial charge in [-0.2, -0.15) is 0 Å². The van der Waals surface area contributed by atoms with E-state index < -0.39 is 4.92 Å². The van der Waals surface area contributed by atoms with Gasteiger partial charge in [0, 0.05) is 48.2 Å². The Labute approximate surface area is 149 Å². The molecule has 0 atom stereocenters. The summed E-state index contributed by atoms with van der Waals surface area (Å²) in [6, 6.07) is 10.2. The SMILES string of the molecule is Cc1cccc(NC(=O)CCNc2ccc([N+](=O)[O-])c3cnccc23)n1. The first-order valence-corrected chi connectivity index (χ1v) is 8.03. The number of hydrogen-bond donors (Lipinski definition) is 2. The molecule has 3 rings (SSSR count). The highest BCUT2D eigenvalue weighted by Gasteiger charge is 2.14. The second kappa shape index (κ2) is 7.56. The molecular weight excluding hydrogens is 334 g/mol. The Kier molecular flexibility index (Phi) is 5.02. The van der Waals surface area contributed by atoms with Crippen molar-refractivity contribution in [3.63, 3.8) is 0 Å². The van der Waals surface area contributed by atoms with Crippen LogP contribution in [0.5, 0.6) is 0 Å². The van der Waals surface area contributed by atoms with Crippen molar-refractivity contribution in [3.8, 4) is 0 Å². The largest absolute Gasteiger partial charge is 0.384 e. The fraction of sp³-hybridized carbons (Fsp3) is 0.167. The first-order chi connectivity index (χ1) is 12.5. The molecule has 3 aromatic rings. The van der Waals surface area contributed by atoms with E-state index >= 15 is 0 Å². The Morgan fingerprint density at radius 3 is 2.81 bits per heavy atom. The lowest BCUT2D eigenvalue weighted by atomic mass is 10.1. The van der Waals surface area contributed by atoms with Gasteiger partial charge in [0.1, 0.15) is 5.82 Å². The molecule has 1 amide bonds. The number of nitrogens with zero attached hydrogens (tertiary/aromatic N) is 3. The minimum Gasteiger partial charge on any atom is -0.384 e. The molecule has 0 aliphatic heterocycles. The molecule has 1 aromatic carbocycles. The van der Waals surface area contributed by atoms with Crippen LogP contribution in [0.2, 0.25) is 0 Å². The zero-order valence-corrected chi connectivity index (χ0v) is 14.1. The third-order valence-electron chi connectivity index (χ3n) is 3.82. The number of aryl methyl sites for hydroxylation is 1. The molecule has 2 heterocycles. The summed E-state index contributed by atoms with van der Waals surface area (Å²) in [5, 5.41) is 18.2. The lowest BCUT2D eigenvalue weighted by Crippen LogP contribution is -2.17. The van der Waals surface area contributed by atoms with Gasteiger partial charge in [0.05, 0.1) is 10.3 Å². The smallest absolute Gasteiger partial charge is 0.278 e. The molecule has 0 bridgehead atoms. The number of pyridine rings is 2. The maximum Gasteiger partial charge on any atom is 0.278 e. The number of nitrogens with one attached hydrogen (secondary N) is 2. The van der Waals surface area contributed by atoms with E-state index in [1.54, 1.807) is 24.4 Å². The maximum atomic E-state index is 12.0. The molecule has 0 saturated carbocycles. The minimum absolute atomic E-state index is 0.00177. The van der Waals surface area contributed by atoms with Crippen molar-refractivity contribution in [1.82, 2.24) is 9.97 Å². The molecule has 0 spiro atoms. The molecule has 0 saturated heterocycles. The number of rotatable bonds is 6. The number of carbonyl (C=O) groups is 1. The van der Waals surface area contributed by atoms with E-state index in [4.69, 9.17) is 0 Å². The number of amides is 1. The maximum absolute atomic E-state index is 12.0. The zero-order valence-electron chi connectivity index (χ0n) is 14.1. The van der Waals surface area contributed by atoms with Gasteiger partial charge < -0.3 is 10.6 Å². The van der Waals surface area contributed by atoms with Gasteiger partial charge in [-0.1, -0.05) is 6.07 Å². The number of anilines is 2. The van der Waals surface area contributed by atoms with Crippen LogP contribution in [0.15, 0.2) is 48.8 Å². The van der Waals surface area contributed by atoms with Crippen molar-refractivity contribution in [3.05, 3.63) is 64.6 Å². The van der Waals surface area contributed by atoms with E-state index in [9.17, 15) is 14.9 Å². The second-order valence-electron chi connectivity index (χ2n) is 5.70. The lowest BCUT2D eigenvalue weighted by molar-refractivity contribution is -0.383. The highest BCUT2D eigenvalue weighted by molar-refractivity contribution is 5.99. The van der Waals surface area contributed by atoms with Crippen LogP contribution in [0, 0.1) is 17.0 Å². The summed E-state index contributed by atoms with van der Waals surface area (Å²) >= 11 is 0. The van der Waals surface area contributed by atoms with E-state index in [-0.39, 0.29) is 18.0 Å². The molecule has 8 heteroatoms. The summed E-state index contributed by atoms with van der Waals surface area (Å²) < 4.78 is 0. The van der Waals surface area contributed by atoms with Gasteiger partial charge in [-0.3, -0.25) is 19.9 Å². The highest BCUT2D eigenvalue weighted by Crippen LogP contribution is 2.30. The number of hydrogen-bond acceptors (Lipinski definition) is 6. The van der Waals surface area contributed by atoms with Crippen molar-refractivity contribution in [2.75, 3.05) is 17.2 Å². The van der Waals surface area contributed by atoms with Crippen LogP contribution in [-0.4, -0.2) is 27.3 Å². The number of nitro benzene ring substituents is 1. The molecule has 2 aromatic heterocycles. The Bertz CT molecular complexity index is 974. The average Bonchev–Trinajstić information content (AvgIpc) is 2.61. The Hall–Kier alpha value is -3.55. The fourth-order valence-electron chi connectivity index (χ4n) is 2.62. The van der Waals surface area contributed by atoms with Gasteiger partial charge in [0.25, 0.3) is 5.69 Å². The summed E-state index contributed by atoms with van der Waals surface area (Å²) in [5.41, 5.74) is 1.54. The van der Waals surface area contributed by atoms with Crippen molar-refractivity contribution in [1.29, 1.82) is 0 Å². The molecule has 8 nitrogen and oxygen atoms in total. The summed E-state index contributed by atoms with van der Waals surface area (Å²) in [6.07, 6.45) is 3.28. The van der Waals surface area contributed by atoms with Crippen LogP contribution >= 0.6 is 0 Å². The predicted molar refractivity (Wildman–Crippen MR) is 99.1 cm³/mol. The monoisotopic (exact) mass is 351 g/mol. The second-order valence-corrected chi connectivity index (χ2v) is 5.70. The van der Waals surface area contributed by atoms with Crippen LogP contribution in [-0.2, 0) is 4.79 Å². The van der Waals surface area contributed by atoms with E-state index in [1.807, 2.05) is 19.1 Å². The summed E-state index contributed by atoms with van der Waals surface area (Å²) in [4.78, 5) is 30.9. The van der Waals surface area contributed by atoms with Crippen LogP contribution < -0.4 is 10.6 Å². The van der Waals surface area contributed by atoms with Crippen molar-refractivity contribution in [2.24, 2.45) is 0 Å². The van der Waals surface area contributed by atoms with Gasteiger partial charge >= 0.3 is 0 Å². The molecule has 0 unspecified atom stereocenters. The van der Waals surface area contributed by atoms with Gasteiger partial charge in [0.2, 0.25) is 5.91 Å². The predicted octanol–water partition coefficient (Wildman–Crippen LogP) is 3.29. The summed E-state index contributed by atoms with van der Waals surface area (Å²) in [6.45, 7) is 2.23. The number of benzene rings is 1. The van der Waals surface area contributed by atoms with Crippen LogP contribution in [0.3, 0.4) is 0 Å². The van der Waals surface area contributed by atoms with Crippen molar-refractivity contribution >= 4 is 33.9 Å². The summed E-state index contributed by atoms with van der Waals surface area (Å²) in [7, 11) is 0. The summed E-state index contributed by atoms with van der Waals surface area (Å²) in [5.74, 6) is 0.352. The van der Waals surface area contributed by atoms with Gasteiger partial charge in [0.15, 0.2) is 0 Å². The molecule has 26 heavy (non-hydrogen) atoms. The number of carbonyl (C=O) groups excluding carboxylic acids is 1. The third kappa shape index (κ3) is 3.92. The molecule has 132 valence electrons. The van der Waals surface area contributed by atoms with E-state index in [0.29, 0.717) is 23.1 Å². The molecule has 0 aliphatic carbocycles. The van der Waals surface area contributed by atoms with Crippen molar-refractivity contribution < 1.29 is 9.72 Å². The third-order valence-corrected chi connectivity index (χ3v) is 3.82. The van der Waals surface area contributed by atoms with Crippen molar-refractivity contribution in [2.45, 2.75) is 13.3 Å². The molecular formula is C18H17N5O3. The number of non-ortho nitro benzene ring substituents is 1. The first kappa shape index (κ1) is 17.3. The van der Waals surface area contributed by atoms with Gasteiger partial charge in [-0.25, -0.2) is 4.98 Å². The van der Waals surface area contributed by atoms with E-state index in [1.165, 1.54) is 12.3 Å². The minimum atomic E-state index is -0.434. The molecule has 0 aliphatic rings. The van der Waals surface area contributed by atoms with Gasteiger partial charge in [-0.15, -0.1) is 0 Å². The number of fused-ring (bicyclic) bond motifs is 1. The first-order valence-electron chi connectivity index (χ1n) is 8.03. The Morgan fingerprint density at radius 1 is 1.19 bits per heavy atom. The highest BCUT2D eigenvalue weighted by atomic mass is 16.6. The van der Waals surface area contributed by atoms with E-state index in [2.05, 4.69) is 20.6 Å². The number of nitro groups is 1. The normalized spacial score (nSPS) is 10.5. The zero-order chi connectivity index (χ0) is 18.5. The molecule has 2 N–H and O–H groups in total. The van der Waals surface area contributed by atoms with E-state index in [0.717, 1.165) is 11.4 Å². The van der Waals surface area contributed by atoms with Gasteiger partial charge in [-0.05, 0) is 31.2 Å². The topological polar surface area (TPSA) is 110 Å². The Balaban J connectivity index is 1.66. The van der Waals surface area contributed by atoms with Crippen LogP contribution in [0.1, 0.15) is 12.1 Å². The fourth-order valence-corrected chi connectivity index (χ4v) is 2.62. The van der Waals surface area contributed by atoms with Crippen LogP contribution in [0.25, 0.3) is 10.8 Å². The lowest BCUT2D eigenvalue weighted by Gasteiger charge is -2.10. The Morgan fingerprint density at radius 2 is 2.04 bits per heavy atom. The molecule has 0 fully saturated rings.